The van der Waals surface area contributed by atoms with Crippen LogP contribution in [0.15, 0.2) is 18.6 Å². The molecule has 0 radical (unpaired) electrons. The molecule has 4 saturated carbocycles. The summed E-state index contributed by atoms with van der Waals surface area (Å²) >= 11 is 0. The molecule has 5 fully saturated rings. The van der Waals surface area contributed by atoms with Crippen molar-refractivity contribution in [2.45, 2.75) is 55.7 Å². The average Bonchev–Trinajstić information content (AvgIpc) is 3.39. The molecule has 2 aromatic heterocycles. The summed E-state index contributed by atoms with van der Waals surface area (Å²) in [5.41, 5.74) is -0.577. The van der Waals surface area contributed by atoms with Gasteiger partial charge in [0.2, 0.25) is 11.8 Å². The number of aliphatic hydroxyl groups is 1. The minimum Gasteiger partial charge on any atom is -0.476 e. The Balaban J connectivity index is 1.22. The molecule has 0 amide bonds. The van der Waals surface area contributed by atoms with Gasteiger partial charge in [-0.25, -0.2) is 13.8 Å². The number of likely N-dealkylation sites (tertiary alicyclic amines) is 1. The fourth-order valence-corrected chi connectivity index (χ4v) is 6.81. The summed E-state index contributed by atoms with van der Waals surface area (Å²) in [6.07, 6.45) is 7.14. The van der Waals surface area contributed by atoms with E-state index in [2.05, 4.69) is 25.6 Å². The lowest BCUT2D eigenvalue weighted by molar-refractivity contribution is 0.00979. The molecule has 2 aromatic rings. The molecule has 11 heteroatoms. The number of likely N-dealkylation sites (N-methyl/N-ethyl adjacent to an activating group) is 1. The number of halogens is 2. The molecule has 5 unspecified atom stereocenters. The fraction of sp³-hybridized carbons (Fsp3) is 0.696. The van der Waals surface area contributed by atoms with Gasteiger partial charge >= 0.3 is 0 Å². The Morgan fingerprint density at radius 2 is 2.03 bits per heavy atom. The maximum absolute atomic E-state index is 13.8. The number of ether oxygens (including phenoxy) is 1. The molecule has 4 aliphatic carbocycles. The Kier molecular flexibility index (Phi) is 5.00. The Morgan fingerprint density at radius 3 is 2.74 bits per heavy atom. The molecule has 0 aromatic carbocycles. The van der Waals surface area contributed by atoms with Crippen LogP contribution in [0.2, 0.25) is 0 Å². The minimum atomic E-state index is -2.70. The number of imidazole rings is 1. The van der Waals surface area contributed by atoms with E-state index < -0.39 is 11.5 Å². The van der Waals surface area contributed by atoms with Crippen molar-refractivity contribution < 1.29 is 18.6 Å². The second-order valence-corrected chi connectivity index (χ2v) is 10.8. The van der Waals surface area contributed by atoms with E-state index in [1.165, 1.54) is 0 Å². The van der Waals surface area contributed by atoms with Crippen molar-refractivity contribution in [3.8, 4) is 5.88 Å². The van der Waals surface area contributed by atoms with Crippen molar-refractivity contribution in [2.75, 3.05) is 30.8 Å². The summed E-state index contributed by atoms with van der Waals surface area (Å²) in [4.78, 5) is 15.1. The van der Waals surface area contributed by atoms with Crippen molar-refractivity contribution in [3.63, 3.8) is 0 Å². The number of aryl methyl sites for hydroxylation is 1. The van der Waals surface area contributed by atoms with Gasteiger partial charge in [0, 0.05) is 43.7 Å². The molecule has 9 nitrogen and oxygen atoms in total. The molecule has 1 saturated heterocycles. The topological polar surface area (TPSA) is 100 Å². The Hall–Kier alpha value is -2.53. The third-order valence-electron chi connectivity index (χ3n) is 8.13. The van der Waals surface area contributed by atoms with Gasteiger partial charge in [-0.1, -0.05) is 0 Å². The van der Waals surface area contributed by atoms with Crippen molar-refractivity contribution in [1.82, 2.24) is 24.4 Å². The molecule has 3 heterocycles. The number of rotatable bonds is 7. The van der Waals surface area contributed by atoms with Gasteiger partial charge in [-0.05, 0) is 44.6 Å². The van der Waals surface area contributed by atoms with Crippen LogP contribution in [-0.4, -0.2) is 73.3 Å². The van der Waals surface area contributed by atoms with Crippen molar-refractivity contribution in [1.29, 1.82) is 0 Å². The van der Waals surface area contributed by atoms with E-state index in [1.54, 1.807) is 24.3 Å². The monoisotopic (exact) mass is 475 g/mol. The molecule has 184 valence electrons. The van der Waals surface area contributed by atoms with E-state index in [1.807, 2.05) is 17.8 Å². The van der Waals surface area contributed by atoms with Crippen molar-refractivity contribution in [3.05, 3.63) is 18.6 Å². The van der Waals surface area contributed by atoms with E-state index in [9.17, 15) is 13.9 Å². The third kappa shape index (κ3) is 3.98. The normalized spacial score (nSPS) is 35.7. The standard InChI is InChI=1S/C23H31F2N7O2/c1-31-9-18(26-12-31)27-17-5-19(34-10-15-8-23(24,25)11-32(15)2)29-21(28-17)30-20-14-3-13-4-16(20)22(33,6-13)7-14/h5,9,12-16,20,33H,3-4,6-8,10-11H2,1-2H3,(H2,27,28,29,30)/t13?,14?,15-,16?,20?,22?/m0/s1. The van der Waals surface area contributed by atoms with Gasteiger partial charge in [0.05, 0.1) is 18.5 Å². The van der Waals surface area contributed by atoms with Crippen LogP contribution in [0.25, 0.3) is 0 Å². The van der Waals surface area contributed by atoms with Crippen LogP contribution in [0, 0.1) is 17.8 Å². The highest BCUT2D eigenvalue weighted by Gasteiger charge is 2.62. The molecule has 5 aliphatic rings. The fourth-order valence-electron chi connectivity index (χ4n) is 6.81. The van der Waals surface area contributed by atoms with Crippen LogP contribution in [0.3, 0.4) is 0 Å². The number of aromatic nitrogens is 4. The van der Waals surface area contributed by atoms with Crippen molar-refractivity contribution >= 4 is 17.6 Å². The first-order chi connectivity index (χ1) is 16.2. The Labute approximate surface area is 196 Å². The van der Waals surface area contributed by atoms with Gasteiger partial charge < -0.3 is 25.0 Å². The predicted octanol–water partition coefficient (Wildman–Crippen LogP) is 2.63. The number of hydrogen-bond donors (Lipinski definition) is 3. The van der Waals surface area contributed by atoms with Gasteiger partial charge in [0.15, 0.2) is 0 Å². The lowest BCUT2D eigenvalue weighted by atomic mass is 9.79. The Morgan fingerprint density at radius 1 is 1.18 bits per heavy atom. The molecular formula is C23H31F2N7O2. The lowest BCUT2D eigenvalue weighted by Gasteiger charge is -2.32. The van der Waals surface area contributed by atoms with Crippen LogP contribution >= 0.6 is 0 Å². The second kappa shape index (κ2) is 7.74. The van der Waals surface area contributed by atoms with E-state index >= 15 is 0 Å². The van der Waals surface area contributed by atoms with Crippen LogP contribution in [0.5, 0.6) is 5.88 Å². The SMILES string of the molecule is CN1CC(F)(F)C[C@H]1COc1cc(Nc2cn(C)cn2)nc(NC2C3CC4CC2C(O)(C4)C3)n1. The second-order valence-electron chi connectivity index (χ2n) is 10.8. The van der Waals surface area contributed by atoms with Crippen LogP contribution in [0.1, 0.15) is 32.1 Å². The predicted molar refractivity (Wildman–Crippen MR) is 121 cm³/mol. The molecule has 4 bridgehead atoms. The maximum atomic E-state index is 13.8. The number of alkyl halides is 2. The molecule has 0 spiro atoms. The number of nitrogens with zero attached hydrogens (tertiary/aromatic N) is 5. The van der Waals surface area contributed by atoms with Gasteiger partial charge in [0.25, 0.3) is 5.92 Å². The van der Waals surface area contributed by atoms with Crippen LogP contribution in [-0.2, 0) is 7.05 Å². The number of anilines is 3. The largest absolute Gasteiger partial charge is 0.476 e. The summed E-state index contributed by atoms with van der Waals surface area (Å²) in [6.45, 7) is -0.153. The van der Waals surface area contributed by atoms with E-state index in [0.717, 1.165) is 25.7 Å². The van der Waals surface area contributed by atoms with E-state index in [4.69, 9.17) is 4.74 Å². The quantitative estimate of drug-likeness (QED) is 0.562. The van der Waals surface area contributed by atoms with E-state index in [-0.39, 0.29) is 37.6 Å². The highest BCUT2D eigenvalue weighted by molar-refractivity contribution is 5.54. The summed E-state index contributed by atoms with van der Waals surface area (Å²) in [7, 11) is 3.56. The third-order valence-corrected chi connectivity index (χ3v) is 8.13. The highest BCUT2D eigenvalue weighted by Crippen LogP contribution is 2.60. The molecule has 3 N–H and O–H groups in total. The van der Waals surface area contributed by atoms with Gasteiger partial charge in [-0.2, -0.15) is 9.97 Å². The molecular weight excluding hydrogens is 444 g/mol. The molecule has 7 rings (SSSR count). The first-order valence-corrected chi connectivity index (χ1v) is 12.0. The molecule has 6 atom stereocenters. The number of hydrogen-bond acceptors (Lipinski definition) is 8. The van der Waals surface area contributed by atoms with Gasteiger partial charge in [0.1, 0.15) is 18.2 Å². The zero-order valence-corrected chi connectivity index (χ0v) is 19.4. The molecule has 34 heavy (non-hydrogen) atoms. The minimum absolute atomic E-state index is 0.112. The van der Waals surface area contributed by atoms with Crippen LogP contribution < -0.4 is 15.4 Å². The summed E-state index contributed by atoms with van der Waals surface area (Å²) in [6, 6.07) is 1.39. The average molecular weight is 476 g/mol. The van der Waals surface area contributed by atoms with Gasteiger partial charge in [-0.15, -0.1) is 0 Å². The van der Waals surface area contributed by atoms with E-state index in [0.29, 0.717) is 35.3 Å². The van der Waals surface area contributed by atoms with Crippen LogP contribution in [0.4, 0.5) is 26.4 Å². The zero-order chi connectivity index (χ0) is 23.7. The highest BCUT2D eigenvalue weighted by atomic mass is 19.3. The maximum Gasteiger partial charge on any atom is 0.262 e. The summed E-state index contributed by atoms with van der Waals surface area (Å²) < 4.78 is 35.3. The lowest BCUT2D eigenvalue weighted by Crippen LogP contribution is -2.37. The zero-order valence-electron chi connectivity index (χ0n) is 19.4. The number of nitrogens with one attached hydrogen (secondary N) is 2. The summed E-state index contributed by atoms with van der Waals surface area (Å²) in [5.74, 6) is 0.363. The molecule has 1 aliphatic heterocycles. The first kappa shape index (κ1) is 22.0. The Bertz CT molecular complexity index is 1080. The van der Waals surface area contributed by atoms with Gasteiger partial charge in [-0.3, -0.25) is 4.90 Å². The summed E-state index contributed by atoms with van der Waals surface area (Å²) in [5, 5.41) is 17.7. The van der Waals surface area contributed by atoms with Crippen molar-refractivity contribution in [2.24, 2.45) is 24.8 Å². The smallest absolute Gasteiger partial charge is 0.262 e. The first-order valence-electron chi connectivity index (χ1n) is 12.0.